The van der Waals surface area contributed by atoms with Gasteiger partial charge in [0.15, 0.2) is 5.58 Å². The highest BCUT2D eigenvalue weighted by molar-refractivity contribution is 5.79. The van der Waals surface area contributed by atoms with E-state index in [-0.39, 0.29) is 5.82 Å². The van der Waals surface area contributed by atoms with E-state index in [1.54, 1.807) is 6.07 Å². The summed E-state index contributed by atoms with van der Waals surface area (Å²) in [5.74, 6) is -0.278. The van der Waals surface area contributed by atoms with Crippen molar-refractivity contribution in [3.63, 3.8) is 0 Å². The molecule has 1 aromatic carbocycles. The lowest BCUT2D eigenvalue weighted by atomic mass is 9.99. The van der Waals surface area contributed by atoms with Crippen molar-refractivity contribution in [2.45, 2.75) is 45.2 Å². The maximum absolute atomic E-state index is 13.1. The summed E-state index contributed by atoms with van der Waals surface area (Å²) < 4.78 is 18.3. The molecule has 19 heavy (non-hydrogen) atoms. The van der Waals surface area contributed by atoms with Gasteiger partial charge in [-0.25, -0.2) is 4.39 Å². The fraction of sp³-hybridized carbons (Fsp3) is 0.533. The van der Waals surface area contributed by atoms with Crippen LogP contribution in [0.4, 0.5) is 4.39 Å². The summed E-state index contributed by atoms with van der Waals surface area (Å²) in [6.45, 7) is 4.16. The van der Waals surface area contributed by atoms with Crippen LogP contribution in [0.5, 0.6) is 0 Å². The largest absolute Gasteiger partial charge is 0.356 e. The molecule has 0 amide bonds. The molecule has 0 radical (unpaired) electrons. The minimum Gasteiger partial charge on any atom is -0.356 e. The van der Waals surface area contributed by atoms with Crippen molar-refractivity contribution in [1.29, 1.82) is 0 Å². The third-order valence-corrected chi connectivity index (χ3v) is 4.08. The van der Waals surface area contributed by atoms with Gasteiger partial charge in [0.2, 0.25) is 0 Å². The number of hydrogen-bond donors (Lipinski definition) is 0. The predicted octanol–water partition coefficient (Wildman–Crippen LogP) is 3.73. The van der Waals surface area contributed by atoms with Crippen LogP contribution in [0, 0.1) is 5.82 Å². The van der Waals surface area contributed by atoms with Crippen molar-refractivity contribution in [2.24, 2.45) is 0 Å². The summed E-state index contributed by atoms with van der Waals surface area (Å²) in [5.41, 5.74) is 1.47. The fourth-order valence-corrected chi connectivity index (χ4v) is 3.00. The Balaban J connectivity index is 1.84. The van der Waals surface area contributed by atoms with Crippen LogP contribution in [0.1, 0.15) is 38.3 Å². The molecule has 1 fully saturated rings. The SMILES string of the molecule is CCC1CCCCN1Cc1noc2cc(F)ccc12. The number of aromatic nitrogens is 1. The minimum atomic E-state index is -0.278. The topological polar surface area (TPSA) is 29.3 Å². The van der Waals surface area contributed by atoms with Crippen LogP contribution in [0.2, 0.25) is 0 Å². The van der Waals surface area contributed by atoms with Crippen molar-refractivity contribution in [2.75, 3.05) is 6.54 Å². The Hall–Kier alpha value is -1.42. The molecule has 1 unspecified atom stereocenters. The average Bonchev–Trinajstić information content (AvgIpc) is 2.82. The standard InChI is InChI=1S/C15H19FN2O/c1-2-12-5-3-4-8-18(12)10-14-13-7-6-11(16)9-15(13)19-17-14/h6-7,9,12H,2-5,8,10H2,1H3. The molecule has 2 heterocycles. The van der Waals surface area contributed by atoms with Crippen molar-refractivity contribution in [1.82, 2.24) is 10.1 Å². The number of fused-ring (bicyclic) bond motifs is 1. The number of benzene rings is 1. The van der Waals surface area contributed by atoms with E-state index < -0.39 is 0 Å². The summed E-state index contributed by atoms with van der Waals surface area (Å²) in [6.07, 6.45) is 5.01. The van der Waals surface area contributed by atoms with Gasteiger partial charge >= 0.3 is 0 Å². The Morgan fingerprint density at radius 1 is 1.42 bits per heavy atom. The molecule has 3 rings (SSSR count). The van der Waals surface area contributed by atoms with Crippen molar-refractivity contribution in [3.05, 3.63) is 29.7 Å². The summed E-state index contributed by atoms with van der Waals surface area (Å²) in [7, 11) is 0. The van der Waals surface area contributed by atoms with Gasteiger partial charge in [0.05, 0.1) is 0 Å². The van der Waals surface area contributed by atoms with Crippen LogP contribution in [-0.4, -0.2) is 22.6 Å². The molecule has 2 aromatic rings. The first-order chi connectivity index (χ1) is 9.28. The number of nitrogens with zero attached hydrogens (tertiary/aromatic N) is 2. The molecule has 1 aliphatic rings. The number of likely N-dealkylation sites (tertiary alicyclic amines) is 1. The van der Waals surface area contributed by atoms with E-state index in [0.29, 0.717) is 11.6 Å². The van der Waals surface area contributed by atoms with Crippen molar-refractivity contribution < 1.29 is 8.91 Å². The molecule has 0 aliphatic carbocycles. The van der Waals surface area contributed by atoms with Crippen LogP contribution in [0.25, 0.3) is 11.0 Å². The van der Waals surface area contributed by atoms with E-state index in [0.717, 1.165) is 24.2 Å². The Labute approximate surface area is 112 Å². The summed E-state index contributed by atoms with van der Waals surface area (Å²) in [4.78, 5) is 2.48. The average molecular weight is 262 g/mol. The van der Waals surface area contributed by atoms with Crippen molar-refractivity contribution in [3.8, 4) is 0 Å². The lowest BCUT2D eigenvalue weighted by Gasteiger charge is -2.34. The second kappa shape index (κ2) is 5.29. The normalized spacial score (nSPS) is 21.1. The lowest BCUT2D eigenvalue weighted by molar-refractivity contribution is 0.133. The van der Waals surface area contributed by atoms with E-state index in [2.05, 4.69) is 17.0 Å². The molecule has 0 saturated carbocycles. The quantitative estimate of drug-likeness (QED) is 0.844. The molecule has 0 bridgehead atoms. The van der Waals surface area contributed by atoms with E-state index >= 15 is 0 Å². The first-order valence-corrected chi connectivity index (χ1v) is 7.06. The van der Waals surface area contributed by atoms with Gasteiger partial charge in [0.1, 0.15) is 11.5 Å². The fourth-order valence-electron chi connectivity index (χ4n) is 3.00. The molecule has 4 heteroatoms. The molecule has 1 aliphatic heterocycles. The lowest BCUT2D eigenvalue weighted by Crippen LogP contribution is -2.38. The number of halogens is 1. The molecular formula is C15H19FN2O. The monoisotopic (exact) mass is 262 g/mol. The van der Waals surface area contributed by atoms with Gasteiger partial charge in [-0.15, -0.1) is 0 Å². The second-order valence-electron chi connectivity index (χ2n) is 5.30. The van der Waals surface area contributed by atoms with Gasteiger partial charge in [-0.1, -0.05) is 18.5 Å². The molecular weight excluding hydrogens is 243 g/mol. The Morgan fingerprint density at radius 2 is 2.32 bits per heavy atom. The smallest absolute Gasteiger partial charge is 0.170 e. The maximum Gasteiger partial charge on any atom is 0.170 e. The molecule has 3 nitrogen and oxygen atoms in total. The van der Waals surface area contributed by atoms with Crippen LogP contribution in [0.3, 0.4) is 0 Å². The molecule has 0 spiro atoms. The zero-order valence-corrected chi connectivity index (χ0v) is 11.2. The first-order valence-electron chi connectivity index (χ1n) is 7.06. The number of piperidine rings is 1. The van der Waals surface area contributed by atoms with Gasteiger partial charge in [-0.3, -0.25) is 4.90 Å². The number of rotatable bonds is 3. The first kappa shape index (κ1) is 12.6. The van der Waals surface area contributed by atoms with Gasteiger partial charge in [0, 0.05) is 24.0 Å². The predicted molar refractivity (Wildman–Crippen MR) is 72.3 cm³/mol. The zero-order chi connectivity index (χ0) is 13.2. The van der Waals surface area contributed by atoms with Crippen LogP contribution < -0.4 is 0 Å². The van der Waals surface area contributed by atoms with E-state index in [1.807, 2.05) is 0 Å². The van der Waals surface area contributed by atoms with Crippen molar-refractivity contribution >= 4 is 11.0 Å². The molecule has 102 valence electrons. The highest BCUT2D eigenvalue weighted by Gasteiger charge is 2.22. The van der Waals surface area contributed by atoms with Gasteiger partial charge in [0.25, 0.3) is 0 Å². The Morgan fingerprint density at radius 3 is 3.16 bits per heavy atom. The zero-order valence-electron chi connectivity index (χ0n) is 11.2. The van der Waals surface area contributed by atoms with E-state index in [1.165, 1.54) is 37.8 Å². The molecule has 1 saturated heterocycles. The van der Waals surface area contributed by atoms with Gasteiger partial charge < -0.3 is 4.52 Å². The third kappa shape index (κ3) is 2.50. The maximum atomic E-state index is 13.1. The second-order valence-corrected chi connectivity index (χ2v) is 5.30. The van der Waals surface area contributed by atoms with E-state index in [4.69, 9.17) is 4.52 Å². The highest BCUT2D eigenvalue weighted by atomic mass is 19.1. The Kier molecular flexibility index (Phi) is 3.51. The number of hydrogen-bond acceptors (Lipinski definition) is 3. The van der Waals surface area contributed by atoms with Crippen LogP contribution in [0.15, 0.2) is 22.7 Å². The molecule has 1 aromatic heterocycles. The van der Waals surface area contributed by atoms with Gasteiger partial charge in [-0.2, -0.15) is 0 Å². The van der Waals surface area contributed by atoms with Gasteiger partial charge in [-0.05, 0) is 37.9 Å². The summed E-state index contributed by atoms with van der Waals surface area (Å²) >= 11 is 0. The minimum absolute atomic E-state index is 0.278. The Bertz CT molecular complexity index is 566. The molecule has 1 atom stereocenters. The highest BCUT2D eigenvalue weighted by Crippen LogP contribution is 2.25. The van der Waals surface area contributed by atoms with Crippen LogP contribution in [-0.2, 0) is 6.54 Å². The third-order valence-electron chi connectivity index (χ3n) is 4.08. The molecule has 0 N–H and O–H groups in total. The summed E-state index contributed by atoms with van der Waals surface area (Å²) in [5, 5.41) is 5.05. The summed E-state index contributed by atoms with van der Waals surface area (Å²) in [6, 6.07) is 5.28. The van der Waals surface area contributed by atoms with Crippen LogP contribution >= 0.6 is 0 Å². The van der Waals surface area contributed by atoms with E-state index in [9.17, 15) is 4.39 Å².